The van der Waals surface area contributed by atoms with E-state index in [1.165, 1.54) is 0 Å². The Morgan fingerprint density at radius 1 is 1.04 bits per heavy atom. The summed E-state index contributed by atoms with van der Waals surface area (Å²) in [6, 6.07) is 12.5. The van der Waals surface area contributed by atoms with Crippen LogP contribution in [0, 0.1) is 19.3 Å². The largest absolute Gasteiger partial charge is 0.493 e. The number of aryl methyl sites for hydroxylation is 2. The molecule has 5 nitrogen and oxygen atoms in total. The number of benzene rings is 2. The molecule has 0 aliphatic heterocycles. The van der Waals surface area contributed by atoms with Crippen molar-refractivity contribution < 1.29 is 14.3 Å². The zero-order valence-corrected chi connectivity index (χ0v) is 17.5. The van der Waals surface area contributed by atoms with E-state index in [4.69, 9.17) is 16.3 Å². The Morgan fingerprint density at radius 3 is 2.39 bits per heavy atom. The lowest BCUT2D eigenvalue weighted by atomic mass is 9.87. The lowest BCUT2D eigenvalue weighted by Gasteiger charge is -2.23. The Kier molecular flexibility index (Phi) is 7.46. The maximum absolute atomic E-state index is 12.4. The number of rotatable bonds is 7. The predicted molar refractivity (Wildman–Crippen MR) is 111 cm³/mol. The highest BCUT2D eigenvalue weighted by Crippen LogP contribution is 2.24. The van der Waals surface area contributed by atoms with Crippen LogP contribution in [0.25, 0.3) is 0 Å². The highest BCUT2D eigenvalue weighted by Gasteiger charge is 2.27. The minimum atomic E-state index is -0.641. The first kappa shape index (κ1) is 21.8. The molecular weight excluding hydrogens is 376 g/mol. The lowest BCUT2D eigenvalue weighted by Crippen LogP contribution is -2.47. The Labute approximate surface area is 171 Å². The molecule has 0 aliphatic rings. The lowest BCUT2D eigenvalue weighted by molar-refractivity contribution is -0.130. The number of nitrogens with one attached hydrogen (secondary N) is 2. The average Bonchev–Trinajstić information content (AvgIpc) is 2.66. The predicted octanol–water partition coefficient (Wildman–Crippen LogP) is 4.60. The van der Waals surface area contributed by atoms with Gasteiger partial charge in [0.05, 0.1) is 6.61 Å². The molecule has 0 atom stereocenters. The van der Waals surface area contributed by atoms with Gasteiger partial charge in [0.2, 0.25) is 5.91 Å². The summed E-state index contributed by atoms with van der Waals surface area (Å²) >= 11 is 5.81. The van der Waals surface area contributed by atoms with Gasteiger partial charge in [0.1, 0.15) is 5.75 Å². The van der Waals surface area contributed by atoms with Crippen LogP contribution < -0.4 is 15.6 Å². The molecule has 0 radical (unpaired) electrons. The van der Waals surface area contributed by atoms with Gasteiger partial charge in [0, 0.05) is 16.0 Å². The van der Waals surface area contributed by atoms with Crippen molar-refractivity contribution in [2.24, 2.45) is 5.41 Å². The van der Waals surface area contributed by atoms with Crippen molar-refractivity contribution in [3.05, 3.63) is 64.2 Å². The van der Waals surface area contributed by atoms with Crippen LogP contribution in [0.3, 0.4) is 0 Å². The standard InChI is InChI=1S/C22H27ClN2O3/c1-15-6-7-16(2)19(14-15)28-13-5-12-22(3,4)21(27)25-24-20(26)17-8-10-18(23)11-9-17/h6-11,14H,5,12-13H2,1-4H3,(H,24,26)(H,25,27). The summed E-state index contributed by atoms with van der Waals surface area (Å²) < 4.78 is 5.85. The van der Waals surface area contributed by atoms with Crippen molar-refractivity contribution in [2.75, 3.05) is 6.61 Å². The van der Waals surface area contributed by atoms with Crippen LogP contribution in [0.4, 0.5) is 0 Å². The molecule has 2 amide bonds. The van der Waals surface area contributed by atoms with Gasteiger partial charge in [0.25, 0.3) is 5.91 Å². The van der Waals surface area contributed by atoms with Gasteiger partial charge in [-0.15, -0.1) is 0 Å². The molecule has 2 N–H and O–H groups in total. The molecule has 6 heteroatoms. The van der Waals surface area contributed by atoms with Crippen LogP contribution in [0.5, 0.6) is 5.75 Å². The van der Waals surface area contributed by atoms with Crippen molar-refractivity contribution in [2.45, 2.75) is 40.5 Å². The second-order valence-corrected chi connectivity index (χ2v) is 7.96. The molecule has 28 heavy (non-hydrogen) atoms. The Bertz CT molecular complexity index is 832. The first-order chi connectivity index (χ1) is 13.2. The van der Waals surface area contributed by atoms with Gasteiger partial charge in [-0.05, 0) is 68.1 Å². The van der Waals surface area contributed by atoms with E-state index in [2.05, 4.69) is 10.9 Å². The Morgan fingerprint density at radius 2 is 1.71 bits per heavy atom. The zero-order valence-electron chi connectivity index (χ0n) is 16.8. The van der Waals surface area contributed by atoms with E-state index < -0.39 is 5.41 Å². The molecule has 0 bridgehead atoms. The number of carbonyl (C=O) groups excluding carboxylic acids is 2. The molecule has 0 saturated carbocycles. The second kappa shape index (κ2) is 9.60. The van der Waals surface area contributed by atoms with E-state index in [9.17, 15) is 9.59 Å². The number of carbonyl (C=O) groups is 2. The summed E-state index contributed by atoms with van der Waals surface area (Å²) in [5.41, 5.74) is 6.96. The van der Waals surface area contributed by atoms with Crippen LogP contribution >= 0.6 is 11.6 Å². The zero-order chi connectivity index (χ0) is 20.7. The van der Waals surface area contributed by atoms with E-state index in [-0.39, 0.29) is 11.8 Å². The summed E-state index contributed by atoms with van der Waals surface area (Å²) in [5.74, 6) is 0.234. The molecule has 150 valence electrons. The molecule has 0 unspecified atom stereocenters. The van der Waals surface area contributed by atoms with Gasteiger partial charge < -0.3 is 4.74 Å². The second-order valence-electron chi connectivity index (χ2n) is 7.52. The summed E-state index contributed by atoms with van der Waals surface area (Å²) in [6.07, 6.45) is 1.35. The maximum atomic E-state index is 12.4. The van der Waals surface area contributed by atoms with Gasteiger partial charge in [0.15, 0.2) is 0 Å². The number of amides is 2. The molecule has 0 fully saturated rings. The number of ether oxygens (including phenoxy) is 1. The fourth-order valence-corrected chi connectivity index (χ4v) is 2.75. The van der Waals surface area contributed by atoms with Crippen molar-refractivity contribution in [1.29, 1.82) is 0 Å². The molecule has 2 aromatic rings. The number of hydrogen-bond acceptors (Lipinski definition) is 3. The Hall–Kier alpha value is -2.53. The van der Waals surface area contributed by atoms with Crippen molar-refractivity contribution in [3.8, 4) is 5.75 Å². The summed E-state index contributed by atoms with van der Waals surface area (Å²) in [5, 5.41) is 0.546. The first-order valence-corrected chi connectivity index (χ1v) is 9.63. The third kappa shape index (κ3) is 6.27. The average molecular weight is 403 g/mol. The van der Waals surface area contributed by atoms with Crippen molar-refractivity contribution in [3.63, 3.8) is 0 Å². The highest BCUT2D eigenvalue weighted by molar-refractivity contribution is 6.30. The molecule has 0 spiro atoms. The van der Waals surface area contributed by atoms with E-state index >= 15 is 0 Å². The van der Waals surface area contributed by atoms with Gasteiger partial charge in [-0.2, -0.15) is 0 Å². The number of hydrazine groups is 1. The van der Waals surface area contributed by atoms with E-state index in [1.54, 1.807) is 24.3 Å². The van der Waals surface area contributed by atoms with Crippen LogP contribution in [0.15, 0.2) is 42.5 Å². The fraction of sp³-hybridized carbons (Fsp3) is 0.364. The van der Waals surface area contributed by atoms with Gasteiger partial charge in [-0.25, -0.2) is 0 Å². The topological polar surface area (TPSA) is 67.4 Å². The van der Waals surface area contributed by atoms with Crippen molar-refractivity contribution in [1.82, 2.24) is 10.9 Å². The van der Waals surface area contributed by atoms with Gasteiger partial charge in [-0.3, -0.25) is 20.4 Å². The van der Waals surface area contributed by atoms with Crippen LogP contribution in [-0.4, -0.2) is 18.4 Å². The fourth-order valence-electron chi connectivity index (χ4n) is 2.63. The van der Waals surface area contributed by atoms with Gasteiger partial charge >= 0.3 is 0 Å². The molecule has 2 rings (SSSR count). The number of halogens is 1. The summed E-state index contributed by atoms with van der Waals surface area (Å²) in [6.45, 7) is 8.25. The van der Waals surface area contributed by atoms with Crippen molar-refractivity contribution >= 4 is 23.4 Å². The summed E-state index contributed by atoms with van der Waals surface area (Å²) in [4.78, 5) is 24.5. The minimum Gasteiger partial charge on any atom is -0.493 e. The third-order valence-corrected chi connectivity index (χ3v) is 4.81. The maximum Gasteiger partial charge on any atom is 0.269 e. The van der Waals surface area contributed by atoms with Gasteiger partial charge in [-0.1, -0.05) is 37.6 Å². The number of hydrogen-bond donors (Lipinski definition) is 2. The molecule has 2 aromatic carbocycles. The molecule has 0 saturated heterocycles. The molecule has 0 aromatic heterocycles. The third-order valence-electron chi connectivity index (χ3n) is 4.56. The van der Waals surface area contributed by atoms with E-state index in [1.807, 2.05) is 45.9 Å². The Balaban J connectivity index is 1.78. The highest BCUT2D eigenvalue weighted by atomic mass is 35.5. The van der Waals surface area contributed by atoms with Crippen LogP contribution in [0.1, 0.15) is 48.2 Å². The molecular formula is C22H27ClN2O3. The molecule has 0 aliphatic carbocycles. The normalized spacial score (nSPS) is 11.0. The SMILES string of the molecule is Cc1ccc(C)c(OCCCC(C)(C)C(=O)NNC(=O)c2ccc(Cl)cc2)c1. The van der Waals surface area contributed by atoms with Crippen LogP contribution in [0.2, 0.25) is 5.02 Å². The minimum absolute atomic E-state index is 0.249. The summed E-state index contributed by atoms with van der Waals surface area (Å²) in [7, 11) is 0. The molecule has 0 heterocycles. The first-order valence-electron chi connectivity index (χ1n) is 9.25. The van der Waals surface area contributed by atoms with E-state index in [0.29, 0.717) is 23.6 Å². The quantitative estimate of drug-likeness (QED) is 0.525. The smallest absolute Gasteiger partial charge is 0.269 e. The van der Waals surface area contributed by atoms with E-state index in [0.717, 1.165) is 23.3 Å². The van der Waals surface area contributed by atoms with Crippen LogP contribution in [-0.2, 0) is 4.79 Å². The monoisotopic (exact) mass is 402 g/mol.